The predicted molar refractivity (Wildman–Crippen MR) is 108 cm³/mol. The summed E-state index contributed by atoms with van der Waals surface area (Å²) in [5, 5.41) is 3.11. The topological polar surface area (TPSA) is 41.6 Å². The Balaban J connectivity index is 1.77. The first-order valence-corrected chi connectivity index (χ1v) is 9.67. The molecule has 1 saturated heterocycles. The van der Waals surface area contributed by atoms with Gasteiger partial charge in [-0.3, -0.25) is 9.69 Å². The molecule has 2 aromatic carbocycles. The Labute approximate surface area is 162 Å². The van der Waals surface area contributed by atoms with E-state index in [2.05, 4.69) is 38.9 Å². The van der Waals surface area contributed by atoms with E-state index in [0.29, 0.717) is 12.1 Å². The van der Waals surface area contributed by atoms with Gasteiger partial charge in [0.1, 0.15) is 5.75 Å². The maximum atomic E-state index is 12.5. The summed E-state index contributed by atoms with van der Waals surface area (Å²) in [6.45, 7) is 2.69. The van der Waals surface area contributed by atoms with Crippen LogP contribution >= 0.6 is 22.6 Å². The van der Waals surface area contributed by atoms with Crippen LogP contribution < -0.4 is 10.1 Å². The van der Waals surface area contributed by atoms with Crippen LogP contribution in [0, 0.1) is 3.57 Å². The number of carbonyl (C=O) groups excluding carboxylic acids is 1. The van der Waals surface area contributed by atoms with Gasteiger partial charge in [-0.1, -0.05) is 24.3 Å². The Bertz CT molecular complexity index is 729. The first kappa shape index (κ1) is 18.2. The second-order valence-corrected chi connectivity index (χ2v) is 7.47. The summed E-state index contributed by atoms with van der Waals surface area (Å²) in [4.78, 5) is 15.0. The highest BCUT2D eigenvalue weighted by Crippen LogP contribution is 2.31. The van der Waals surface area contributed by atoms with Crippen molar-refractivity contribution >= 4 is 28.5 Å². The van der Waals surface area contributed by atoms with Crippen molar-refractivity contribution in [1.29, 1.82) is 0 Å². The van der Waals surface area contributed by atoms with E-state index in [0.717, 1.165) is 28.0 Å². The molecule has 1 aliphatic heterocycles. The van der Waals surface area contributed by atoms with Crippen LogP contribution in [0.2, 0.25) is 0 Å². The van der Waals surface area contributed by atoms with Crippen molar-refractivity contribution in [3.63, 3.8) is 0 Å². The number of amides is 1. The van der Waals surface area contributed by atoms with Gasteiger partial charge < -0.3 is 10.1 Å². The van der Waals surface area contributed by atoms with Gasteiger partial charge in [-0.05, 0) is 72.8 Å². The van der Waals surface area contributed by atoms with Crippen molar-refractivity contribution in [2.45, 2.75) is 18.9 Å². The van der Waals surface area contributed by atoms with Gasteiger partial charge in [0.05, 0.1) is 13.2 Å². The number of hydrogen-bond donors (Lipinski definition) is 1. The Hall–Kier alpha value is -1.60. The van der Waals surface area contributed by atoms with Crippen LogP contribution in [0.3, 0.4) is 0 Å². The largest absolute Gasteiger partial charge is 0.496 e. The highest BCUT2D eigenvalue weighted by molar-refractivity contribution is 14.1. The van der Waals surface area contributed by atoms with E-state index in [1.165, 1.54) is 12.8 Å². The Kier molecular flexibility index (Phi) is 6.31. The van der Waals surface area contributed by atoms with Crippen molar-refractivity contribution in [1.82, 2.24) is 10.2 Å². The Morgan fingerprint density at radius 1 is 1.20 bits per heavy atom. The van der Waals surface area contributed by atoms with Crippen LogP contribution in [0.25, 0.3) is 0 Å². The van der Waals surface area contributed by atoms with Crippen LogP contribution in [0.15, 0.2) is 48.5 Å². The lowest BCUT2D eigenvalue weighted by Crippen LogP contribution is -2.37. The molecular weight excluding hydrogens is 427 g/mol. The zero-order chi connectivity index (χ0) is 17.6. The van der Waals surface area contributed by atoms with E-state index in [9.17, 15) is 4.79 Å². The minimum absolute atomic E-state index is 0.0300. The number of ether oxygens (including phenoxy) is 1. The molecule has 1 N–H and O–H groups in total. The molecule has 4 nitrogen and oxygen atoms in total. The molecule has 0 bridgehead atoms. The molecular formula is C20H23IN2O2. The van der Waals surface area contributed by atoms with Gasteiger partial charge >= 0.3 is 0 Å². The normalized spacial score (nSPS) is 15.8. The maximum Gasteiger partial charge on any atom is 0.251 e. The fraction of sp³-hybridized carbons (Fsp3) is 0.350. The van der Waals surface area contributed by atoms with Crippen molar-refractivity contribution in [2.75, 3.05) is 26.7 Å². The van der Waals surface area contributed by atoms with E-state index < -0.39 is 0 Å². The first-order chi connectivity index (χ1) is 12.2. The van der Waals surface area contributed by atoms with Crippen molar-refractivity contribution in [3.8, 4) is 5.75 Å². The van der Waals surface area contributed by atoms with E-state index >= 15 is 0 Å². The smallest absolute Gasteiger partial charge is 0.251 e. The number of nitrogens with zero attached hydrogens (tertiary/aromatic N) is 1. The number of para-hydroxylation sites is 1. The van der Waals surface area contributed by atoms with Crippen LogP contribution in [-0.2, 0) is 0 Å². The van der Waals surface area contributed by atoms with Crippen LogP contribution in [0.4, 0.5) is 0 Å². The fourth-order valence-corrected chi connectivity index (χ4v) is 3.89. The summed E-state index contributed by atoms with van der Waals surface area (Å²) in [7, 11) is 1.70. The minimum Gasteiger partial charge on any atom is -0.496 e. The summed E-state index contributed by atoms with van der Waals surface area (Å²) in [5.41, 5.74) is 1.84. The summed E-state index contributed by atoms with van der Waals surface area (Å²) in [6.07, 6.45) is 2.41. The van der Waals surface area contributed by atoms with Gasteiger partial charge in [0.25, 0.3) is 5.91 Å². The molecule has 2 aromatic rings. The van der Waals surface area contributed by atoms with Gasteiger partial charge in [0, 0.05) is 21.2 Å². The van der Waals surface area contributed by atoms with Crippen LogP contribution in [0.1, 0.15) is 34.8 Å². The molecule has 1 atom stereocenters. The molecule has 0 radical (unpaired) electrons. The SMILES string of the molecule is COc1ccccc1C(CNC(=O)c1cccc(I)c1)N1CCCC1. The number of benzene rings is 2. The summed E-state index contributed by atoms with van der Waals surface area (Å²) >= 11 is 2.23. The quantitative estimate of drug-likeness (QED) is 0.680. The predicted octanol–water partition coefficient (Wildman–Crippen LogP) is 3.87. The van der Waals surface area contributed by atoms with E-state index in [1.54, 1.807) is 7.11 Å². The lowest BCUT2D eigenvalue weighted by molar-refractivity contribution is 0.0937. The van der Waals surface area contributed by atoms with Gasteiger partial charge in [0.15, 0.2) is 0 Å². The summed E-state index contributed by atoms with van der Waals surface area (Å²) < 4.78 is 6.61. The van der Waals surface area contributed by atoms with Crippen molar-refractivity contribution < 1.29 is 9.53 Å². The molecule has 132 valence electrons. The lowest BCUT2D eigenvalue weighted by atomic mass is 10.0. The minimum atomic E-state index is -0.0300. The standard InChI is InChI=1S/C20H23IN2O2/c1-25-19-10-3-2-9-17(19)18(23-11-4-5-12-23)14-22-20(24)15-7-6-8-16(21)13-15/h2-3,6-10,13,18H,4-5,11-12,14H2,1H3,(H,22,24). The summed E-state index contributed by atoms with van der Waals surface area (Å²) in [5.74, 6) is 0.848. The highest BCUT2D eigenvalue weighted by atomic mass is 127. The fourth-order valence-electron chi connectivity index (χ4n) is 3.35. The maximum absolute atomic E-state index is 12.5. The number of methoxy groups -OCH3 is 1. The zero-order valence-electron chi connectivity index (χ0n) is 14.4. The molecule has 1 aliphatic rings. The molecule has 5 heteroatoms. The third kappa shape index (κ3) is 4.52. The van der Waals surface area contributed by atoms with E-state index in [4.69, 9.17) is 4.74 Å². The highest BCUT2D eigenvalue weighted by Gasteiger charge is 2.26. The van der Waals surface area contributed by atoms with Crippen molar-refractivity contribution in [3.05, 3.63) is 63.2 Å². The van der Waals surface area contributed by atoms with Gasteiger partial charge in [-0.2, -0.15) is 0 Å². The molecule has 0 aromatic heterocycles. The molecule has 0 aliphatic carbocycles. The number of nitrogens with one attached hydrogen (secondary N) is 1. The van der Waals surface area contributed by atoms with Gasteiger partial charge in [0.2, 0.25) is 0 Å². The average molecular weight is 450 g/mol. The molecule has 25 heavy (non-hydrogen) atoms. The number of hydrogen-bond acceptors (Lipinski definition) is 3. The van der Waals surface area contributed by atoms with Crippen LogP contribution in [-0.4, -0.2) is 37.6 Å². The van der Waals surface area contributed by atoms with E-state index in [1.807, 2.05) is 42.5 Å². The molecule has 1 amide bonds. The Morgan fingerprint density at radius 2 is 1.96 bits per heavy atom. The number of carbonyl (C=O) groups is 1. The van der Waals surface area contributed by atoms with Crippen LogP contribution in [0.5, 0.6) is 5.75 Å². The third-order valence-electron chi connectivity index (χ3n) is 4.62. The molecule has 1 fully saturated rings. The lowest BCUT2D eigenvalue weighted by Gasteiger charge is -2.29. The van der Waals surface area contributed by atoms with Gasteiger partial charge in [-0.25, -0.2) is 0 Å². The Morgan fingerprint density at radius 3 is 2.68 bits per heavy atom. The number of halogens is 1. The zero-order valence-corrected chi connectivity index (χ0v) is 16.5. The summed E-state index contributed by atoms with van der Waals surface area (Å²) in [6, 6.07) is 15.9. The second kappa shape index (κ2) is 8.67. The van der Waals surface area contributed by atoms with Gasteiger partial charge in [-0.15, -0.1) is 0 Å². The third-order valence-corrected chi connectivity index (χ3v) is 5.29. The van der Waals surface area contributed by atoms with Crippen molar-refractivity contribution in [2.24, 2.45) is 0 Å². The number of rotatable bonds is 6. The molecule has 0 saturated carbocycles. The second-order valence-electron chi connectivity index (χ2n) is 6.22. The molecule has 1 unspecified atom stereocenters. The monoisotopic (exact) mass is 450 g/mol. The molecule has 0 spiro atoms. The molecule has 1 heterocycles. The first-order valence-electron chi connectivity index (χ1n) is 8.60. The average Bonchev–Trinajstić information content (AvgIpc) is 3.16. The van der Waals surface area contributed by atoms with E-state index in [-0.39, 0.29) is 11.9 Å². The number of likely N-dealkylation sites (tertiary alicyclic amines) is 1. The molecule has 3 rings (SSSR count).